The minimum Gasteiger partial charge on any atom is -0.394 e. The van der Waals surface area contributed by atoms with E-state index in [1.165, 1.54) is 0 Å². The SMILES string of the molecule is CCOCc1nc(C2CCOCC2)nn1CCO. The zero-order valence-corrected chi connectivity index (χ0v) is 10.8. The monoisotopic (exact) mass is 255 g/mol. The van der Waals surface area contributed by atoms with Crippen LogP contribution in [0.4, 0.5) is 0 Å². The first kappa shape index (κ1) is 13.5. The summed E-state index contributed by atoms with van der Waals surface area (Å²) in [5.41, 5.74) is 0. The molecule has 0 aromatic carbocycles. The van der Waals surface area contributed by atoms with Crippen LogP contribution < -0.4 is 0 Å². The summed E-state index contributed by atoms with van der Waals surface area (Å²) in [4.78, 5) is 4.55. The molecule has 0 atom stereocenters. The van der Waals surface area contributed by atoms with Crippen molar-refractivity contribution < 1.29 is 14.6 Å². The first-order valence-electron chi connectivity index (χ1n) is 6.55. The van der Waals surface area contributed by atoms with Crippen molar-refractivity contribution in [3.8, 4) is 0 Å². The van der Waals surface area contributed by atoms with E-state index < -0.39 is 0 Å². The molecule has 1 aromatic rings. The van der Waals surface area contributed by atoms with Gasteiger partial charge in [0, 0.05) is 25.7 Å². The molecule has 2 heterocycles. The van der Waals surface area contributed by atoms with Gasteiger partial charge in [-0.25, -0.2) is 9.67 Å². The number of hydrogen-bond donors (Lipinski definition) is 1. The summed E-state index contributed by atoms with van der Waals surface area (Å²) in [6.07, 6.45) is 1.94. The van der Waals surface area contributed by atoms with E-state index >= 15 is 0 Å². The van der Waals surface area contributed by atoms with Gasteiger partial charge in [-0.15, -0.1) is 0 Å². The Hall–Kier alpha value is -0.980. The van der Waals surface area contributed by atoms with E-state index in [-0.39, 0.29) is 6.61 Å². The van der Waals surface area contributed by atoms with Gasteiger partial charge >= 0.3 is 0 Å². The lowest BCUT2D eigenvalue weighted by atomic mass is 10.00. The Morgan fingerprint density at radius 3 is 2.89 bits per heavy atom. The third kappa shape index (κ3) is 3.28. The quantitative estimate of drug-likeness (QED) is 0.810. The standard InChI is InChI=1S/C12H21N3O3/c1-2-17-9-11-13-12(14-15(11)5-6-16)10-3-7-18-8-4-10/h10,16H,2-9H2,1H3. The third-order valence-electron chi connectivity index (χ3n) is 3.10. The molecule has 6 nitrogen and oxygen atoms in total. The molecular formula is C12H21N3O3. The van der Waals surface area contributed by atoms with Crippen LogP contribution in [-0.4, -0.2) is 46.3 Å². The smallest absolute Gasteiger partial charge is 0.154 e. The normalized spacial score (nSPS) is 17.2. The Bertz CT molecular complexity index is 361. The van der Waals surface area contributed by atoms with Crippen LogP contribution in [-0.2, 0) is 22.6 Å². The molecule has 0 unspecified atom stereocenters. The topological polar surface area (TPSA) is 69.4 Å². The van der Waals surface area contributed by atoms with Gasteiger partial charge in [0.25, 0.3) is 0 Å². The van der Waals surface area contributed by atoms with E-state index in [2.05, 4.69) is 10.1 Å². The van der Waals surface area contributed by atoms with Gasteiger partial charge in [0.05, 0.1) is 13.2 Å². The van der Waals surface area contributed by atoms with Gasteiger partial charge in [0.1, 0.15) is 6.61 Å². The molecule has 1 saturated heterocycles. The van der Waals surface area contributed by atoms with E-state index in [1.54, 1.807) is 4.68 Å². The van der Waals surface area contributed by atoms with Crippen molar-refractivity contribution in [3.63, 3.8) is 0 Å². The first-order chi connectivity index (χ1) is 8.85. The van der Waals surface area contributed by atoms with Gasteiger partial charge in [-0.2, -0.15) is 5.10 Å². The summed E-state index contributed by atoms with van der Waals surface area (Å²) >= 11 is 0. The molecule has 1 aromatic heterocycles. The second kappa shape index (κ2) is 6.82. The Morgan fingerprint density at radius 2 is 2.22 bits per heavy atom. The number of nitrogens with zero attached hydrogens (tertiary/aromatic N) is 3. The van der Waals surface area contributed by atoms with Gasteiger partial charge in [-0.3, -0.25) is 0 Å². The number of aromatic nitrogens is 3. The lowest BCUT2D eigenvalue weighted by Gasteiger charge is -2.18. The predicted octanol–water partition coefficient (Wildman–Crippen LogP) is 0.701. The Balaban J connectivity index is 2.09. The molecule has 1 aliphatic heterocycles. The van der Waals surface area contributed by atoms with E-state index in [0.717, 1.165) is 37.7 Å². The third-order valence-corrected chi connectivity index (χ3v) is 3.10. The highest BCUT2D eigenvalue weighted by Gasteiger charge is 2.21. The molecular weight excluding hydrogens is 234 g/mol. The van der Waals surface area contributed by atoms with Gasteiger partial charge < -0.3 is 14.6 Å². The average Bonchev–Trinajstić information content (AvgIpc) is 2.81. The van der Waals surface area contributed by atoms with Crippen LogP contribution in [0.3, 0.4) is 0 Å². The predicted molar refractivity (Wildman–Crippen MR) is 65.2 cm³/mol. The number of rotatable bonds is 6. The summed E-state index contributed by atoms with van der Waals surface area (Å²) < 4.78 is 12.5. The molecule has 6 heteroatoms. The van der Waals surface area contributed by atoms with Crippen molar-refractivity contribution in [1.29, 1.82) is 0 Å². The van der Waals surface area contributed by atoms with Crippen LogP contribution in [0.5, 0.6) is 0 Å². The lowest BCUT2D eigenvalue weighted by Crippen LogP contribution is -2.15. The van der Waals surface area contributed by atoms with Crippen LogP contribution in [0.2, 0.25) is 0 Å². The van der Waals surface area contributed by atoms with Crippen molar-refractivity contribution in [2.75, 3.05) is 26.4 Å². The average molecular weight is 255 g/mol. The maximum atomic E-state index is 9.04. The van der Waals surface area contributed by atoms with Crippen LogP contribution in [0.15, 0.2) is 0 Å². The van der Waals surface area contributed by atoms with Crippen LogP contribution >= 0.6 is 0 Å². The lowest BCUT2D eigenvalue weighted by molar-refractivity contribution is 0.0834. The van der Waals surface area contributed by atoms with E-state index in [0.29, 0.717) is 25.7 Å². The second-order valence-electron chi connectivity index (χ2n) is 4.36. The molecule has 18 heavy (non-hydrogen) atoms. The number of hydrogen-bond acceptors (Lipinski definition) is 5. The zero-order valence-electron chi connectivity index (χ0n) is 10.8. The molecule has 2 rings (SSSR count). The van der Waals surface area contributed by atoms with Gasteiger partial charge in [0.2, 0.25) is 0 Å². The molecule has 0 saturated carbocycles. The van der Waals surface area contributed by atoms with E-state index in [1.807, 2.05) is 6.92 Å². The van der Waals surface area contributed by atoms with Crippen molar-refractivity contribution in [2.24, 2.45) is 0 Å². The van der Waals surface area contributed by atoms with Crippen LogP contribution in [0.1, 0.15) is 37.3 Å². The van der Waals surface area contributed by atoms with Gasteiger partial charge in [-0.05, 0) is 19.8 Å². The largest absolute Gasteiger partial charge is 0.394 e. The van der Waals surface area contributed by atoms with Crippen molar-refractivity contribution in [3.05, 3.63) is 11.6 Å². The summed E-state index contributed by atoms with van der Waals surface area (Å²) in [6.45, 7) is 5.14. The Kier molecular flexibility index (Phi) is 5.10. The molecule has 0 bridgehead atoms. The fourth-order valence-electron chi connectivity index (χ4n) is 2.10. The highest BCUT2D eigenvalue weighted by Crippen LogP contribution is 2.24. The van der Waals surface area contributed by atoms with Crippen molar-refractivity contribution >= 4 is 0 Å². The number of ether oxygens (including phenoxy) is 2. The molecule has 0 spiro atoms. The first-order valence-corrected chi connectivity index (χ1v) is 6.55. The Labute approximate surface area is 107 Å². The summed E-state index contributed by atoms with van der Waals surface area (Å²) in [5.74, 6) is 2.04. The number of aliphatic hydroxyl groups is 1. The van der Waals surface area contributed by atoms with Crippen molar-refractivity contribution in [1.82, 2.24) is 14.8 Å². The fraction of sp³-hybridized carbons (Fsp3) is 0.833. The maximum absolute atomic E-state index is 9.04. The fourth-order valence-corrected chi connectivity index (χ4v) is 2.10. The Morgan fingerprint density at radius 1 is 1.44 bits per heavy atom. The molecule has 102 valence electrons. The number of aliphatic hydroxyl groups excluding tert-OH is 1. The summed E-state index contributed by atoms with van der Waals surface area (Å²) in [6, 6.07) is 0. The summed E-state index contributed by atoms with van der Waals surface area (Å²) in [7, 11) is 0. The van der Waals surface area contributed by atoms with E-state index in [4.69, 9.17) is 14.6 Å². The molecule has 1 N–H and O–H groups in total. The van der Waals surface area contributed by atoms with Crippen LogP contribution in [0, 0.1) is 0 Å². The maximum Gasteiger partial charge on any atom is 0.154 e. The molecule has 1 fully saturated rings. The highest BCUT2D eigenvalue weighted by molar-refractivity contribution is 5.00. The summed E-state index contributed by atoms with van der Waals surface area (Å²) in [5, 5.41) is 13.5. The minimum atomic E-state index is 0.0652. The highest BCUT2D eigenvalue weighted by atomic mass is 16.5. The molecule has 0 radical (unpaired) electrons. The van der Waals surface area contributed by atoms with Gasteiger partial charge in [0.15, 0.2) is 11.6 Å². The van der Waals surface area contributed by atoms with Gasteiger partial charge in [-0.1, -0.05) is 0 Å². The van der Waals surface area contributed by atoms with Crippen LogP contribution in [0.25, 0.3) is 0 Å². The van der Waals surface area contributed by atoms with Crippen molar-refractivity contribution in [2.45, 2.75) is 38.8 Å². The minimum absolute atomic E-state index is 0.0652. The molecule has 0 aliphatic carbocycles. The van der Waals surface area contributed by atoms with E-state index in [9.17, 15) is 0 Å². The second-order valence-corrected chi connectivity index (χ2v) is 4.36. The molecule has 0 amide bonds. The zero-order chi connectivity index (χ0) is 12.8. The molecule has 1 aliphatic rings.